The summed E-state index contributed by atoms with van der Waals surface area (Å²) in [6, 6.07) is 18.5. The monoisotopic (exact) mass is 623 g/mol. The minimum absolute atomic E-state index is 0.0420. The van der Waals surface area contributed by atoms with Crippen molar-refractivity contribution in [1.29, 1.82) is 0 Å². The number of hydrogen-bond acceptors (Lipinski definition) is 6. The number of nitrogens with one attached hydrogen (secondary N) is 2. The van der Waals surface area contributed by atoms with E-state index in [1.165, 1.54) is 22.9 Å². The predicted octanol–water partition coefficient (Wildman–Crippen LogP) is 5.28. The van der Waals surface area contributed by atoms with Gasteiger partial charge >= 0.3 is 6.03 Å². The molecule has 0 aliphatic carbocycles. The third kappa shape index (κ3) is 7.72. The molecular weight excluding hydrogens is 593 g/mol. The number of nitrogens with zero attached hydrogens (tertiary/aromatic N) is 3. The first-order valence-corrected chi connectivity index (χ1v) is 14.1. The van der Waals surface area contributed by atoms with Crippen LogP contribution >= 0.6 is 23.2 Å². The Kier molecular flexibility index (Phi) is 10.4. The Balaban J connectivity index is 1.39. The van der Waals surface area contributed by atoms with E-state index in [4.69, 9.17) is 33.0 Å². The van der Waals surface area contributed by atoms with E-state index in [1.54, 1.807) is 37.4 Å². The number of aryl methyl sites for hydroxylation is 1. The lowest BCUT2D eigenvalue weighted by Gasteiger charge is -2.21. The van der Waals surface area contributed by atoms with E-state index in [9.17, 15) is 14.4 Å². The molecular formula is C31H31Cl2N5O5. The SMILES string of the molecule is Cc1ccc2cccc(OCc3c(Cl)ccc(N(C)C(=O)CNC(=O)Nc4cccc(C(=O)N(C)CCO)c4)c3Cl)c2n1. The molecule has 12 heteroatoms. The van der Waals surface area contributed by atoms with Crippen LogP contribution in [0, 0.1) is 6.92 Å². The molecule has 1 heterocycles. The maximum absolute atomic E-state index is 13.0. The first-order valence-electron chi connectivity index (χ1n) is 13.3. The van der Waals surface area contributed by atoms with Crippen LogP contribution in [0.15, 0.2) is 66.7 Å². The first-order chi connectivity index (χ1) is 20.6. The molecule has 0 aliphatic heterocycles. The molecule has 43 heavy (non-hydrogen) atoms. The number of aromatic nitrogens is 1. The Labute approximate surface area is 259 Å². The van der Waals surface area contributed by atoms with E-state index in [2.05, 4.69) is 15.6 Å². The van der Waals surface area contributed by atoms with E-state index in [1.807, 2.05) is 37.3 Å². The Hall–Kier alpha value is -4.38. The van der Waals surface area contributed by atoms with Crippen LogP contribution in [0.25, 0.3) is 10.9 Å². The fourth-order valence-corrected chi connectivity index (χ4v) is 4.85. The van der Waals surface area contributed by atoms with Gasteiger partial charge in [0.25, 0.3) is 5.91 Å². The van der Waals surface area contributed by atoms with Crippen molar-refractivity contribution >= 4 is 63.3 Å². The van der Waals surface area contributed by atoms with Gasteiger partial charge in [-0.3, -0.25) is 9.59 Å². The van der Waals surface area contributed by atoms with E-state index >= 15 is 0 Å². The van der Waals surface area contributed by atoms with Crippen molar-refractivity contribution in [3.05, 3.63) is 93.6 Å². The van der Waals surface area contributed by atoms with Gasteiger partial charge in [0.1, 0.15) is 17.9 Å². The number of ether oxygens (including phenoxy) is 1. The zero-order valence-corrected chi connectivity index (χ0v) is 25.4. The number of urea groups is 1. The minimum Gasteiger partial charge on any atom is -0.487 e. The van der Waals surface area contributed by atoms with E-state index in [0.29, 0.717) is 33.3 Å². The topological polar surface area (TPSA) is 124 Å². The second-order valence-electron chi connectivity index (χ2n) is 9.72. The largest absolute Gasteiger partial charge is 0.487 e. The second-order valence-corrected chi connectivity index (χ2v) is 10.5. The summed E-state index contributed by atoms with van der Waals surface area (Å²) in [6.45, 7) is 1.64. The molecule has 3 N–H and O–H groups in total. The Morgan fingerprint density at radius 1 is 1.00 bits per heavy atom. The number of aliphatic hydroxyl groups excluding tert-OH is 1. The molecule has 0 spiro atoms. The highest BCUT2D eigenvalue weighted by molar-refractivity contribution is 6.38. The lowest BCUT2D eigenvalue weighted by atomic mass is 10.1. The van der Waals surface area contributed by atoms with Gasteiger partial charge in [-0.05, 0) is 49.4 Å². The number of hydrogen-bond donors (Lipinski definition) is 3. The molecule has 4 amide bonds. The molecule has 0 saturated carbocycles. The summed E-state index contributed by atoms with van der Waals surface area (Å²) < 4.78 is 6.07. The Morgan fingerprint density at radius 3 is 2.53 bits per heavy atom. The van der Waals surface area contributed by atoms with Gasteiger partial charge in [0, 0.05) is 53.6 Å². The van der Waals surface area contributed by atoms with Gasteiger partial charge in [-0.1, -0.05) is 47.5 Å². The number of aliphatic hydroxyl groups is 1. The minimum atomic E-state index is -0.634. The summed E-state index contributed by atoms with van der Waals surface area (Å²) in [4.78, 5) is 45.2. The van der Waals surface area contributed by atoms with E-state index in [-0.39, 0.29) is 37.2 Å². The van der Waals surface area contributed by atoms with Crippen LogP contribution in [0.2, 0.25) is 10.0 Å². The zero-order valence-electron chi connectivity index (χ0n) is 23.9. The van der Waals surface area contributed by atoms with Crippen LogP contribution in [0.5, 0.6) is 5.75 Å². The average molecular weight is 625 g/mol. The second kappa shape index (κ2) is 14.2. The summed E-state index contributed by atoms with van der Waals surface area (Å²) >= 11 is 13.2. The lowest BCUT2D eigenvalue weighted by Crippen LogP contribution is -2.40. The van der Waals surface area contributed by atoms with Gasteiger partial charge in [0.2, 0.25) is 5.91 Å². The summed E-state index contributed by atoms with van der Waals surface area (Å²) in [5.41, 5.74) is 3.17. The molecule has 3 aromatic carbocycles. The number of para-hydroxylation sites is 1. The van der Waals surface area contributed by atoms with Gasteiger partial charge in [-0.15, -0.1) is 0 Å². The summed E-state index contributed by atoms with van der Waals surface area (Å²) in [5.74, 6) is -0.164. The van der Waals surface area contributed by atoms with E-state index in [0.717, 1.165) is 16.6 Å². The Morgan fingerprint density at radius 2 is 1.77 bits per heavy atom. The molecule has 10 nitrogen and oxygen atoms in total. The molecule has 0 bridgehead atoms. The van der Waals surface area contributed by atoms with Crippen LogP contribution < -0.4 is 20.3 Å². The van der Waals surface area contributed by atoms with Crippen molar-refractivity contribution < 1.29 is 24.2 Å². The summed E-state index contributed by atoms with van der Waals surface area (Å²) in [6.07, 6.45) is 0. The van der Waals surface area contributed by atoms with Crippen LogP contribution in [-0.2, 0) is 11.4 Å². The van der Waals surface area contributed by atoms with Crippen molar-refractivity contribution in [3.63, 3.8) is 0 Å². The molecule has 224 valence electrons. The van der Waals surface area contributed by atoms with Crippen molar-refractivity contribution in [2.75, 3.05) is 44.0 Å². The van der Waals surface area contributed by atoms with Crippen LogP contribution in [-0.4, -0.2) is 66.6 Å². The zero-order chi connectivity index (χ0) is 31.1. The number of amides is 4. The molecule has 4 aromatic rings. The molecule has 0 fully saturated rings. The van der Waals surface area contributed by atoms with Crippen molar-refractivity contribution in [2.45, 2.75) is 13.5 Å². The number of rotatable bonds is 10. The highest BCUT2D eigenvalue weighted by Crippen LogP contribution is 2.35. The summed E-state index contributed by atoms with van der Waals surface area (Å²) in [5, 5.41) is 15.7. The quantitative estimate of drug-likeness (QED) is 0.221. The Bertz CT molecular complexity index is 1670. The highest BCUT2D eigenvalue weighted by Gasteiger charge is 2.20. The number of benzene rings is 3. The number of carbonyl (C=O) groups is 3. The molecule has 0 atom stereocenters. The van der Waals surface area contributed by atoms with Crippen LogP contribution in [0.3, 0.4) is 0 Å². The molecule has 0 unspecified atom stereocenters. The first kappa shape index (κ1) is 31.6. The van der Waals surface area contributed by atoms with Crippen molar-refractivity contribution in [3.8, 4) is 5.75 Å². The molecule has 1 aromatic heterocycles. The normalized spacial score (nSPS) is 10.7. The van der Waals surface area contributed by atoms with Crippen LogP contribution in [0.1, 0.15) is 21.6 Å². The van der Waals surface area contributed by atoms with E-state index < -0.39 is 11.9 Å². The third-order valence-corrected chi connectivity index (χ3v) is 7.42. The number of likely N-dealkylation sites (N-methyl/N-ethyl adjacent to an activating group) is 2. The number of fused-ring (bicyclic) bond motifs is 1. The van der Waals surface area contributed by atoms with Crippen molar-refractivity contribution in [1.82, 2.24) is 15.2 Å². The average Bonchev–Trinajstić information content (AvgIpc) is 2.99. The van der Waals surface area contributed by atoms with Crippen LogP contribution in [0.4, 0.5) is 16.2 Å². The molecule has 0 radical (unpaired) electrons. The predicted molar refractivity (Wildman–Crippen MR) is 168 cm³/mol. The number of anilines is 2. The maximum Gasteiger partial charge on any atom is 0.319 e. The number of pyridine rings is 1. The van der Waals surface area contributed by atoms with Gasteiger partial charge in [0.05, 0.1) is 23.9 Å². The molecule has 4 rings (SSSR count). The smallest absolute Gasteiger partial charge is 0.319 e. The van der Waals surface area contributed by atoms with Gasteiger partial charge < -0.3 is 30.3 Å². The van der Waals surface area contributed by atoms with Gasteiger partial charge in [0.15, 0.2) is 0 Å². The standard InChI is InChI=1S/C31H31Cl2N5O5/c1-19-10-11-20-6-5-9-26(29(20)35-19)43-18-23-24(32)12-13-25(28(23)33)38(3)27(40)17-34-31(42)36-22-8-4-7-21(16-22)30(41)37(2)14-15-39/h4-13,16,39H,14-15,17-18H2,1-3H3,(H2,34,36,42). The highest BCUT2D eigenvalue weighted by atomic mass is 35.5. The summed E-state index contributed by atoms with van der Waals surface area (Å²) in [7, 11) is 3.11. The fourth-order valence-electron chi connectivity index (χ4n) is 4.25. The van der Waals surface area contributed by atoms with Gasteiger partial charge in [-0.25, -0.2) is 9.78 Å². The third-order valence-electron chi connectivity index (χ3n) is 6.65. The number of halogens is 2. The molecule has 0 saturated heterocycles. The number of carbonyl (C=O) groups excluding carboxylic acids is 3. The van der Waals surface area contributed by atoms with Crippen molar-refractivity contribution in [2.24, 2.45) is 0 Å². The lowest BCUT2D eigenvalue weighted by molar-refractivity contribution is -0.117. The maximum atomic E-state index is 13.0. The van der Waals surface area contributed by atoms with Gasteiger partial charge in [-0.2, -0.15) is 0 Å². The molecule has 0 aliphatic rings. The fraction of sp³-hybridized carbons (Fsp3) is 0.226.